The maximum atomic E-state index is 13.0. The summed E-state index contributed by atoms with van der Waals surface area (Å²) in [5.74, 6) is -0.0972. The Morgan fingerprint density at radius 3 is 2.80 bits per heavy atom. The van der Waals surface area contributed by atoms with E-state index >= 15 is 0 Å². The number of ether oxygens (including phenoxy) is 1. The Labute approximate surface area is 211 Å². The quantitative estimate of drug-likeness (QED) is 0.672. The van der Waals surface area contributed by atoms with Gasteiger partial charge in [-0.15, -0.1) is 0 Å². The summed E-state index contributed by atoms with van der Waals surface area (Å²) in [4.78, 5) is 30.1. The molecule has 8 heteroatoms. The lowest BCUT2D eigenvalue weighted by Gasteiger charge is -2.42. The molecule has 0 aliphatic carbocycles. The number of carbonyl (C=O) groups excluding carboxylic acids is 2. The number of rotatable bonds is 5. The molecule has 2 atom stereocenters. The van der Waals surface area contributed by atoms with Crippen LogP contribution in [0.25, 0.3) is 0 Å². The second-order valence-electron chi connectivity index (χ2n) is 9.41. The van der Waals surface area contributed by atoms with E-state index in [1.54, 1.807) is 30.3 Å². The standard InChI is InChI=1S/C27H31ClN4O3/c1-18-15-31(8-9-32(18)27(34)22-7-4-10-35-17-22)16-23-12-24(28)13-25(19(23)2)30-26(33)21-6-3-5-20(11-21)14-29/h3,5-6,11-13,18,22H,4,7-10,15-17H2,1-2H3,(H,30,33)/t18-,22-/m0/s1. The molecule has 2 saturated heterocycles. The monoisotopic (exact) mass is 494 g/mol. The zero-order valence-electron chi connectivity index (χ0n) is 20.2. The molecule has 0 aromatic heterocycles. The number of carbonyl (C=O) groups is 2. The second kappa shape index (κ2) is 11.2. The number of halogens is 1. The highest BCUT2D eigenvalue weighted by Gasteiger charge is 2.33. The molecular weight excluding hydrogens is 464 g/mol. The molecule has 2 aromatic rings. The minimum Gasteiger partial charge on any atom is -0.381 e. The lowest BCUT2D eigenvalue weighted by atomic mass is 9.99. The van der Waals surface area contributed by atoms with Gasteiger partial charge in [0.1, 0.15) is 0 Å². The fraction of sp³-hybridized carbons (Fsp3) is 0.444. The van der Waals surface area contributed by atoms with Crippen LogP contribution in [0.3, 0.4) is 0 Å². The molecule has 35 heavy (non-hydrogen) atoms. The minimum absolute atomic E-state index is 0.0204. The normalized spacial score (nSPS) is 20.8. The number of nitrogens with one attached hydrogen (secondary N) is 1. The summed E-state index contributed by atoms with van der Waals surface area (Å²) in [5.41, 5.74) is 3.49. The Morgan fingerprint density at radius 2 is 2.09 bits per heavy atom. The minimum atomic E-state index is -0.286. The molecule has 0 saturated carbocycles. The Balaban J connectivity index is 1.42. The van der Waals surface area contributed by atoms with Crippen molar-refractivity contribution in [3.8, 4) is 6.07 Å². The molecule has 7 nitrogen and oxygen atoms in total. The molecule has 2 fully saturated rings. The molecule has 0 radical (unpaired) electrons. The zero-order valence-corrected chi connectivity index (χ0v) is 21.0. The van der Waals surface area contributed by atoms with Crippen LogP contribution in [0.1, 0.15) is 46.8 Å². The lowest BCUT2D eigenvalue weighted by molar-refractivity contribution is -0.144. The summed E-state index contributed by atoms with van der Waals surface area (Å²) in [7, 11) is 0. The average molecular weight is 495 g/mol. The van der Waals surface area contributed by atoms with Crippen molar-refractivity contribution in [3.05, 3.63) is 63.7 Å². The van der Waals surface area contributed by atoms with Crippen LogP contribution < -0.4 is 5.32 Å². The largest absolute Gasteiger partial charge is 0.381 e. The van der Waals surface area contributed by atoms with Crippen LogP contribution in [0, 0.1) is 24.2 Å². The number of hydrogen-bond acceptors (Lipinski definition) is 5. The third kappa shape index (κ3) is 6.02. The van der Waals surface area contributed by atoms with Gasteiger partial charge >= 0.3 is 0 Å². The van der Waals surface area contributed by atoms with E-state index in [2.05, 4.69) is 23.2 Å². The Bertz CT molecular complexity index is 1140. The predicted molar refractivity (Wildman–Crippen MR) is 135 cm³/mol. The molecule has 2 amide bonds. The van der Waals surface area contributed by atoms with Gasteiger partial charge in [-0.1, -0.05) is 17.7 Å². The Hall–Kier alpha value is -2.92. The average Bonchev–Trinajstić information content (AvgIpc) is 2.87. The molecule has 2 heterocycles. The van der Waals surface area contributed by atoms with Crippen LogP contribution in [0.5, 0.6) is 0 Å². The summed E-state index contributed by atoms with van der Waals surface area (Å²) in [5, 5.41) is 12.6. The van der Waals surface area contributed by atoms with Crippen LogP contribution in [-0.2, 0) is 16.1 Å². The Morgan fingerprint density at radius 1 is 1.26 bits per heavy atom. The number of nitriles is 1. The predicted octanol–water partition coefficient (Wildman–Crippen LogP) is 4.23. The van der Waals surface area contributed by atoms with Gasteiger partial charge in [0.05, 0.1) is 24.2 Å². The van der Waals surface area contributed by atoms with Crippen molar-refractivity contribution in [1.82, 2.24) is 9.80 Å². The van der Waals surface area contributed by atoms with E-state index in [0.717, 1.165) is 43.7 Å². The first-order valence-electron chi connectivity index (χ1n) is 12.1. The van der Waals surface area contributed by atoms with Gasteiger partial charge in [-0.3, -0.25) is 14.5 Å². The fourth-order valence-electron chi connectivity index (χ4n) is 4.87. The first-order valence-corrected chi connectivity index (χ1v) is 12.4. The highest BCUT2D eigenvalue weighted by atomic mass is 35.5. The van der Waals surface area contributed by atoms with Crippen LogP contribution in [-0.4, -0.2) is 60.5 Å². The smallest absolute Gasteiger partial charge is 0.255 e. The van der Waals surface area contributed by atoms with E-state index in [4.69, 9.17) is 21.6 Å². The van der Waals surface area contributed by atoms with Crippen LogP contribution in [0.15, 0.2) is 36.4 Å². The SMILES string of the molecule is Cc1c(CN2CCN(C(=O)[C@H]3CCCOC3)[C@@H](C)C2)cc(Cl)cc1NC(=O)c1cccc(C#N)c1. The van der Waals surface area contributed by atoms with Crippen LogP contribution in [0.2, 0.25) is 5.02 Å². The third-order valence-electron chi connectivity index (χ3n) is 6.88. The number of nitrogens with zero attached hydrogens (tertiary/aromatic N) is 3. The molecule has 2 aliphatic rings. The summed E-state index contributed by atoms with van der Waals surface area (Å²) >= 11 is 6.42. The summed E-state index contributed by atoms with van der Waals surface area (Å²) < 4.78 is 5.52. The van der Waals surface area contributed by atoms with E-state index in [1.165, 1.54) is 0 Å². The maximum Gasteiger partial charge on any atom is 0.255 e. The molecule has 2 aliphatic heterocycles. The van der Waals surface area contributed by atoms with Gasteiger partial charge in [0.15, 0.2) is 0 Å². The first-order chi connectivity index (χ1) is 16.9. The van der Waals surface area contributed by atoms with Crippen molar-refractivity contribution in [2.45, 2.75) is 39.3 Å². The highest BCUT2D eigenvalue weighted by molar-refractivity contribution is 6.31. The van der Waals surface area contributed by atoms with E-state index in [9.17, 15) is 9.59 Å². The van der Waals surface area contributed by atoms with E-state index in [-0.39, 0.29) is 23.8 Å². The van der Waals surface area contributed by atoms with Crippen molar-refractivity contribution in [2.75, 3.05) is 38.2 Å². The molecule has 0 unspecified atom stereocenters. The van der Waals surface area contributed by atoms with Gasteiger partial charge < -0.3 is 15.0 Å². The maximum absolute atomic E-state index is 13.0. The van der Waals surface area contributed by atoms with Crippen LogP contribution in [0.4, 0.5) is 5.69 Å². The Kier molecular flexibility index (Phi) is 8.07. The van der Waals surface area contributed by atoms with Gasteiger partial charge in [-0.05, 0) is 68.1 Å². The molecule has 0 spiro atoms. The molecule has 0 bridgehead atoms. The zero-order chi connectivity index (χ0) is 24.9. The van der Waals surface area contributed by atoms with Crippen molar-refractivity contribution < 1.29 is 14.3 Å². The molecule has 4 rings (SSSR count). The van der Waals surface area contributed by atoms with Crippen molar-refractivity contribution >= 4 is 29.1 Å². The number of amides is 2. The summed E-state index contributed by atoms with van der Waals surface area (Å²) in [6, 6.07) is 12.5. The van der Waals surface area contributed by atoms with Gasteiger partial charge in [0.25, 0.3) is 5.91 Å². The highest BCUT2D eigenvalue weighted by Crippen LogP contribution is 2.28. The lowest BCUT2D eigenvalue weighted by Crippen LogP contribution is -2.55. The first kappa shape index (κ1) is 25.2. The fourth-order valence-corrected chi connectivity index (χ4v) is 5.11. The molecule has 2 aromatic carbocycles. The molecule has 1 N–H and O–H groups in total. The third-order valence-corrected chi connectivity index (χ3v) is 7.10. The summed E-state index contributed by atoms with van der Waals surface area (Å²) in [6.45, 7) is 8.27. The van der Waals surface area contributed by atoms with Crippen LogP contribution >= 0.6 is 11.6 Å². The molecule has 184 valence electrons. The van der Waals surface area contributed by atoms with Gasteiger partial charge in [0.2, 0.25) is 5.91 Å². The van der Waals surface area contributed by atoms with Gasteiger partial charge in [-0.25, -0.2) is 0 Å². The van der Waals surface area contributed by atoms with Crippen molar-refractivity contribution in [1.29, 1.82) is 5.26 Å². The second-order valence-corrected chi connectivity index (χ2v) is 9.85. The number of piperazine rings is 1. The van der Waals surface area contributed by atoms with Gasteiger partial charge in [-0.2, -0.15) is 5.26 Å². The molecular formula is C27H31ClN4O3. The number of benzene rings is 2. The van der Waals surface area contributed by atoms with Crippen molar-refractivity contribution in [2.24, 2.45) is 5.92 Å². The van der Waals surface area contributed by atoms with Gasteiger partial charge in [0, 0.05) is 55.1 Å². The number of anilines is 1. The van der Waals surface area contributed by atoms with E-state index in [0.29, 0.717) is 41.5 Å². The summed E-state index contributed by atoms with van der Waals surface area (Å²) in [6.07, 6.45) is 1.85. The topological polar surface area (TPSA) is 85.7 Å². The van der Waals surface area contributed by atoms with E-state index in [1.807, 2.05) is 17.9 Å². The van der Waals surface area contributed by atoms with Crippen molar-refractivity contribution in [3.63, 3.8) is 0 Å². The van der Waals surface area contributed by atoms with E-state index < -0.39 is 0 Å². The number of hydrogen-bond donors (Lipinski definition) is 1.